The fourth-order valence-corrected chi connectivity index (χ4v) is 2.11. The van der Waals surface area contributed by atoms with Gasteiger partial charge >= 0.3 is 12.1 Å². The number of non-ortho nitro benzene ring substituents is 1. The molecule has 126 valence electrons. The molecule has 0 saturated carbocycles. The highest BCUT2D eigenvalue weighted by Gasteiger charge is 2.38. The second kappa shape index (κ2) is 6.19. The number of esters is 1. The molecule has 0 atom stereocenters. The van der Waals surface area contributed by atoms with Gasteiger partial charge in [-0.1, -0.05) is 0 Å². The zero-order chi connectivity index (χ0) is 18.1. The fraction of sp³-hybridized carbons (Fsp3) is 0.133. The summed E-state index contributed by atoms with van der Waals surface area (Å²) in [7, 11) is 0.895. The number of ether oxygens (including phenoxy) is 1. The van der Waals surface area contributed by atoms with E-state index >= 15 is 0 Å². The van der Waals surface area contributed by atoms with Crippen molar-refractivity contribution in [3.05, 3.63) is 57.6 Å². The van der Waals surface area contributed by atoms with Gasteiger partial charge in [0, 0.05) is 12.1 Å². The van der Waals surface area contributed by atoms with E-state index in [0.29, 0.717) is 6.07 Å². The van der Waals surface area contributed by atoms with Crippen LogP contribution in [0.15, 0.2) is 36.4 Å². The highest BCUT2D eigenvalue weighted by atomic mass is 19.4. The third-order valence-electron chi connectivity index (χ3n) is 3.22. The number of nitro benzene ring substituents is 1. The highest BCUT2D eigenvalue weighted by molar-refractivity contribution is 5.95. The molecule has 0 aliphatic carbocycles. The number of carbonyl (C=O) groups is 1. The van der Waals surface area contributed by atoms with Gasteiger partial charge in [0.25, 0.3) is 5.69 Å². The molecule has 0 bridgehead atoms. The summed E-state index contributed by atoms with van der Waals surface area (Å²) in [6, 6.07) is 6.35. The van der Waals surface area contributed by atoms with Crippen molar-refractivity contribution >= 4 is 11.7 Å². The van der Waals surface area contributed by atoms with Gasteiger partial charge in [-0.3, -0.25) is 10.1 Å². The minimum atomic E-state index is -4.90. The maximum absolute atomic E-state index is 13.2. The van der Waals surface area contributed by atoms with Crippen molar-refractivity contribution in [2.75, 3.05) is 7.11 Å². The summed E-state index contributed by atoms with van der Waals surface area (Å²) in [6.45, 7) is 0. The average Bonchev–Trinajstić information content (AvgIpc) is 2.52. The van der Waals surface area contributed by atoms with E-state index in [1.807, 2.05) is 0 Å². The summed E-state index contributed by atoms with van der Waals surface area (Å²) >= 11 is 0. The zero-order valence-corrected chi connectivity index (χ0v) is 12.1. The molecule has 2 rings (SSSR count). The van der Waals surface area contributed by atoms with Crippen molar-refractivity contribution in [2.24, 2.45) is 0 Å². The van der Waals surface area contributed by atoms with Crippen LogP contribution >= 0.6 is 0 Å². The van der Waals surface area contributed by atoms with Crippen LogP contribution in [0, 0.1) is 10.1 Å². The van der Waals surface area contributed by atoms with Gasteiger partial charge in [0.1, 0.15) is 11.3 Å². The van der Waals surface area contributed by atoms with E-state index in [-0.39, 0.29) is 16.8 Å². The number of benzene rings is 2. The van der Waals surface area contributed by atoms with E-state index in [4.69, 9.17) is 0 Å². The molecule has 2 aromatic carbocycles. The van der Waals surface area contributed by atoms with E-state index in [1.165, 1.54) is 12.1 Å². The molecule has 6 nitrogen and oxygen atoms in total. The standard InChI is InChI=1S/C15H10F3NO5/c1-24-14(21)13-11(15(16,17)18)6-9(7-12(13)20)8-2-4-10(5-3-8)19(22)23/h2-7,20H,1H3. The number of halogens is 3. The number of carbonyl (C=O) groups excluding carboxylic acids is 1. The lowest BCUT2D eigenvalue weighted by molar-refractivity contribution is -0.384. The molecule has 9 heteroatoms. The van der Waals surface area contributed by atoms with Crippen LogP contribution in [-0.2, 0) is 10.9 Å². The van der Waals surface area contributed by atoms with Crippen molar-refractivity contribution in [1.29, 1.82) is 0 Å². The molecule has 1 N–H and O–H groups in total. The molecule has 2 aromatic rings. The van der Waals surface area contributed by atoms with Gasteiger partial charge in [-0.05, 0) is 35.4 Å². The summed E-state index contributed by atoms with van der Waals surface area (Å²) in [5.74, 6) is -2.22. The number of phenols is 1. The smallest absolute Gasteiger partial charge is 0.417 e. The fourth-order valence-electron chi connectivity index (χ4n) is 2.11. The van der Waals surface area contributed by atoms with Crippen LogP contribution in [0.4, 0.5) is 18.9 Å². The van der Waals surface area contributed by atoms with E-state index in [0.717, 1.165) is 25.3 Å². The Balaban J connectivity index is 2.63. The first-order valence-corrected chi connectivity index (χ1v) is 6.42. The molecule has 0 radical (unpaired) electrons. The van der Waals surface area contributed by atoms with Gasteiger partial charge in [-0.2, -0.15) is 13.2 Å². The van der Waals surface area contributed by atoms with Crippen LogP contribution in [0.1, 0.15) is 15.9 Å². The second-order valence-corrected chi connectivity index (χ2v) is 4.71. The van der Waals surface area contributed by atoms with Gasteiger partial charge in [-0.25, -0.2) is 4.79 Å². The third-order valence-corrected chi connectivity index (χ3v) is 3.22. The van der Waals surface area contributed by atoms with E-state index < -0.39 is 33.9 Å². The number of phenolic OH excluding ortho intramolecular Hbond substituents is 1. The molecular formula is C15H10F3NO5. The van der Waals surface area contributed by atoms with E-state index in [9.17, 15) is 33.2 Å². The summed E-state index contributed by atoms with van der Waals surface area (Å²) in [6.07, 6.45) is -4.90. The van der Waals surface area contributed by atoms with Gasteiger partial charge in [-0.15, -0.1) is 0 Å². The van der Waals surface area contributed by atoms with Crippen molar-refractivity contribution in [2.45, 2.75) is 6.18 Å². The molecule has 0 aliphatic rings. The predicted molar refractivity (Wildman–Crippen MR) is 76.5 cm³/mol. The van der Waals surface area contributed by atoms with Gasteiger partial charge < -0.3 is 9.84 Å². The average molecular weight is 341 g/mol. The normalized spacial score (nSPS) is 11.2. The maximum atomic E-state index is 13.2. The number of hydrogen-bond acceptors (Lipinski definition) is 5. The second-order valence-electron chi connectivity index (χ2n) is 4.71. The molecule has 0 unspecified atom stereocenters. The minimum Gasteiger partial charge on any atom is -0.507 e. The molecule has 0 spiro atoms. The zero-order valence-electron chi connectivity index (χ0n) is 12.1. The lowest BCUT2D eigenvalue weighted by Gasteiger charge is -2.15. The first-order valence-electron chi connectivity index (χ1n) is 6.42. The number of aromatic hydroxyl groups is 1. The third kappa shape index (κ3) is 3.29. The van der Waals surface area contributed by atoms with Crippen molar-refractivity contribution in [3.8, 4) is 16.9 Å². The SMILES string of the molecule is COC(=O)c1c(O)cc(-c2ccc([N+](=O)[O-])cc2)cc1C(F)(F)F. The van der Waals surface area contributed by atoms with Gasteiger partial charge in [0.2, 0.25) is 0 Å². The molecule has 0 fully saturated rings. The van der Waals surface area contributed by atoms with Crippen LogP contribution in [0.25, 0.3) is 11.1 Å². The molecule has 0 aromatic heterocycles. The van der Waals surface area contributed by atoms with Crippen LogP contribution < -0.4 is 0 Å². The number of rotatable bonds is 3. The maximum Gasteiger partial charge on any atom is 0.417 e. The van der Waals surface area contributed by atoms with Crippen LogP contribution in [0.3, 0.4) is 0 Å². The van der Waals surface area contributed by atoms with Crippen LogP contribution in [0.5, 0.6) is 5.75 Å². The Labute approximate surface area is 133 Å². The number of nitrogens with zero attached hydrogens (tertiary/aromatic N) is 1. The van der Waals surface area contributed by atoms with Gasteiger partial charge in [0.05, 0.1) is 17.6 Å². The first-order chi connectivity index (χ1) is 11.1. The van der Waals surface area contributed by atoms with Crippen molar-refractivity contribution in [3.63, 3.8) is 0 Å². The predicted octanol–water partition coefficient (Wildman–Crippen LogP) is 3.77. The quantitative estimate of drug-likeness (QED) is 0.521. The topological polar surface area (TPSA) is 89.7 Å². The molecule has 0 amide bonds. The first kappa shape index (κ1) is 17.3. The monoisotopic (exact) mass is 341 g/mol. The van der Waals surface area contributed by atoms with E-state index in [1.54, 1.807) is 0 Å². The Hall–Kier alpha value is -3.10. The number of hydrogen-bond donors (Lipinski definition) is 1. The molecule has 0 heterocycles. The largest absolute Gasteiger partial charge is 0.507 e. The minimum absolute atomic E-state index is 0.0534. The Morgan fingerprint density at radius 3 is 2.21 bits per heavy atom. The molecular weight excluding hydrogens is 331 g/mol. The lowest BCUT2D eigenvalue weighted by atomic mass is 9.97. The Morgan fingerprint density at radius 1 is 1.17 bits per heavy atom. The van der Waals surface area contributed by atoms with Crippen molar-refractivity contribution in [1.82, 2.24) is 0 Å². The van der Waals surface area contributed by atoms with E-state index in [2.05, 4.69) is 4.74 Å². The summed E-state index contributed by atoms with van der Waals surface area (Å²) in [5, 5.41) is 20.4. The number of alkyl halides is 3. The van der Waals surface area contributed by atoms with Crippen LogP contribution in [0.2, 0.25) is 0 Å². The Morgan fingerprint density at radius 2 is 1.75 bits per heavy atom. The Kier molecular flexibility index (Phi) is 4.45. The van der Waals surface area contributed by atoms with Crippen LogP contribution in [-0.4, -0.2) is 23.1 Å². The van der Waals surface area contributed by atoms with Crippen molar-refractivity contribution < 1.29 is 32.7 Å². The summed E-state index contributed by atoms with van der Waals surface area (Å²) in [4.78, 5) is 21.5. The molecule has 0 saturated heterocycles. The molecule has 0 aliphatic heterocycles. The Bertz CT molecular complexity index is 800. The number of methoxy groups -OCH3 is 1. The summed E-state index contributed by atoms with van der Waals surface area (Å²) < 4.78 is 43.8. The lowest BCUT2D eigenvalue weighted by Crippen LogP contribution is -2.14. The number of nitro groups is 1. The highest BCUT2D eigenvalue weighted by Crippen LogP contribution is 2.39. The summed E-state index contributed by atoms with van der Waals surface area (Å²) in [5.41, 5.74) is -2.43. The molecule has 24 heavy (non-hydrogen) atoms. The van der Waals surface area contributed by atoms with Gasteiger partial charge in [0.15, 0.2) is 0 Å².